The fourth-order valence-corrected chi connectivity index (χ4v) is 3.68. The fraction of sp³-hybridized carbons (Fsp3) is 0.385. The minimum absolute atomic E-state index is 0.0246. The van der Waals surface area contributed by atoms with Crippen LogP contribution in [-0.2, 0) is 0 Å². The van der Waals surface area contributed by atoms with E-state index in [0.29, 0.717) is 12.1 Å². The zero-order chi connectivity index (χ0) is 21.3. The lowest BCUT2D eigenvalue weighted by atomic mass is 9.78. The molecule has 0 aliphatic heterocycles. The van der Waals surface area contributed by atoms with E-state index in [0.717, 1.165) is 39.3 Å². The van der Waals surface area contributed by atoms with Crippen molar-refractivity contribution in [1.29, 1.82) is 0 Å². The van der Waals surface area contributed by atoms with Crippen LogP contribution < -0.4 is 0 Å². The highest BCUT2D eigenvalue weighted by atomic mass is 16.3. The number of nitrogens with zero attached hydrogens (tertiary/aromatic N) is 2. The van der Waals surface area contributed by atoms with E-state index in [2.05, 4.69) is 78.8 Å². The first kappa shape index (κ1) is 21.2. The molecule has 3 nitrogen and oxygen atoms in total. The van der Waals surface area contributed by atoms with Gasteiger partial charge >= 0.3 is 0 Å². The highest BCUT2D eigenvalue weighted by molar-refractivity contribution is 6.19. The smallest absolute Gasteiger partial charge is 0.134 e. The molecule has 0 heterocycles. The molecule has 29 heavy (non-hydrogen) atoms. The van der Waals surface area contributed by atoms with Crippen molar-refractivity contribution in [3.8, 4) is 0 Å². The number of allylic oxidation sites excluding steroid dienone is 1. The van der Waals surface area contributed by atoms with Crippen LogP contribution >= 0.6 is 0 Å². The van der Waals surface area contributed by atoms with Crippen molar-refractivity contribution in [2.75, 3.05) is 0 Å². The number of para-hydroxylation sites is 2. The van der Waals surface area contributed by atoms with E-state index in [1.54, 1.807) is 0 Å². The number of aliphatic hydroxyl groups excluding tert-OH is 1. The van der Waals surface area contributed by atoms with Crippen LogP contribution in [0.1, 0.15) is 49.4 Å². The zero-order valence-electron chi connectivity index (χ0n) is 18.7. The summed E-state index contributed by atoms with van der Waals surface area (Å²) in [5, 5.41) is 11.2. The van der Waals surface area contributed by atoms with E-state index in [9.17, 15) is 5.11 Å². The molecule has 0 aromatic heterocycles. The zero-order valence-corrected chi connectivity index (χ0v) is 18.7. The largest absolute Gasteiger partial charge is 0.381 e. The van der Waals surface area contributed by atoms with E-state index in [1.807, 2.05) is 12.1 Å². The van der Waals surface area contributed by atoms with Gasteiger partial charge in [-0.05, 0) is 61.4 Å². The van der Waals surface area contributed by atoms with E-state index in [1.165, 1.54) is 5.57 Å². The van der Waals surface area contributed by atoms with Gasteiger partial charge in [0.05, 0.1) is 22.8 Å². The first-order valence-electron chi connectivity index (χ1n) is 10.3. The van der Waals surface area contributed by atoms with Crippen LogP contribution in [0.25, 0.3) is 0 Å². The highest BCUT2D eigenvalue weighted by Crippen LogP contribution is 2.35. The van der Waals surface area contributed by atoms with Gasteiger partial charge in [0.1, 0.15) is 6.10 Å². The maximum Gasteiger partial charge on any atom is 0.134 e. The number of hydrogen-bond donors (Lipinski definition) is 1. The Balaban J connectivity index is 2.16. The highest BCUT2D eigenvalue weighted by Gasteiger charge is 2.30. The van der Waals surface area contributed by atoms with Crippen LogP contribution in [0.4, 0.5) is 11.4 Å². The molecule has 0 radical (unpaired) electrons. The van der Waals surface area contributed by atoms with Gasteiger partial charge in [-0.15, -0.1) is 0 Å². The molecule has 0 spiro atoms. The fourth-order valence-electron chi connectivity index (χ4n) is 3.68. The van der Waals surface area contributed by atoms with Crippen LogP contribution in [0.3, 0.4) is 0 Å². The predicted octanol–water partition coefficient (Wildman–Crippen LogP) is 6.50. The Bertz CT molecular complexity index is 979. The molecule has 0 bridgehead atoms. The second-order valence-corrected chi connectivity index (χ2v) is 9.12. The molecule has 0 saturated carbocycles. The second kappa shape index (κ2) is 8.08. The Kier molecular flexibility index (Phi) is 5.90. The third-order valence-electron chi connectivity index (χ3n) is 5.63. The van der Waals surface area contributed by atoms with Crippen LogP contribution in [0, 0.1) is 33.1 Å². The molecule has 2 aromatic rings. The predicted molar refractivity (Wildman–Crippen MR) is 124 cm³/mol. The topological polar surface area (TPSA) is 45.0 Å². The molecule has 152 valence electrons. The van der Waals surface area contributed by atoms with Gasteiger partial charge in [0, 0.05) is 6.42 Å². The number of hydrogen-bond acceptors (Lipinski definition) is 3. The summed E-state index contributed by atoms with van der Waals surface area (Å²) < 4.78 is 0. The average Bonchev–Trinajstić information content (AvgIpc) is 2.63. The van der Waals surface area contributed by atoms with Crippen LogP contribution in [0.15, 0.2) is 58.0 Å². The van der Waals surface area contributed by atoms with Crippen molar-refractivity contribution < 1.29 is 5.11 Å². The summed E-state index contributed by atoms with van der Waals surface area (Å²) in [5.74, 6) is 0. The van der Waals surface area contributed by atoms with Crippen molar-refractivity contribution in [3.05, 3.63) is 70.3 Å². The molecule has 3 heteroatoms. The van der Waals surface area contributed by atoms with Crippen LogP contribution in [0.2, 0.25) is 0 Å². The minimum atomic E-state index is -0.806. The summed E-state index contributed by atoms with van der Waals surface area (Å²) in [6.07, 6.45) is 1.92. The Hall–Kier alpha value is -2.52. The molecule has 1 N–H and O–H groups in total. The molecule has 1 atom stereocenters. The van der Waals surface area contributed by atoms with E-state index in [4.69, 9.17) is 9.98 Å². The van der Waals surface area contributed by atoms with Gasteiger partial charge in [-0.2, -0.15) is 0 Å². The van der Waals surface area contributed by atoms with Gasteiger partial charge < -0.3 is 5.11 Å². The first-order valence-corrected chi connectivity index (χ1v) is 10.3. The second-order valence-electron chi connectivity index (χ2n) is 9.12. The first-order chi connectivity index (χ1) is 13.6. The molecule has 1 aliphatic rings. The van der Waals surface area contributed by atoms with Gasteiger partial charge in [0.25, 0.3) is 0 Å². The summed E-state index contributed by atoms with van der Waals surface area (Å²) in [4.78, 5) is 9.85. The summed E-state index contributed by atoms with van der Waals surface area (Å²) in [7, 11) is 0. The number of aliphatic imine (C=N–C) groups is 2. The van der Waals surface area contributed by atoms with Gasteiger partial charge in [-0.25, -0.2) is 4.99 Å². The van der Waals surface area contributed by atoms with Crippen molar-refractivity contribution in [1.82, 2.24) is 0 Å². The average molecular weight is 389 g/mol. The number of aryl methyl sites for hydroxylation is 4. The van der Waals surface area contributed by atoms with Gasteiger partial charge in [0.15, 0.2) is 0 Å². The van der Waals surface area contributed by atoms with E-state index in [-0.39, 0.29) is 5.41 Å². The Labute approximate surface area is 174 Å². The van der Waals surface area contributed by atoms with Gasteiger partial charge in [-0.3, -0.25) is 4.99 Å². The lowest BCUT2D eigenvalue weighted by molar-refractivity contribution is 0.301. The van der Waals surface area contributed by atoms with Gasteiger partial charge in [0.2, 0.25) is 0 Å². The molecule has 3 rings (SSSR count). The Morgan fingerprint density at radius 2 is 1.24 bits per heavy atom. The number of aliphatic hydroxyl groups is 1. The lowest BCUT2D eigenvalue weighted by Crippen LogP contribution is -2.35. The van der Waals surface area contributed by atoms with Crippen LogP contribution in [-0.4, -0.2) is 22.6 Å². The van der Waals surface area contributed by atoms with Crippen molar-refractivity contribution >= 4 is 22.8 Å². The third kappa shape index (κ3) is 4.56. The van der Waals surface area contributed by atoms with Crippen molar-refractivity contribution in [2.45, 2.75) is 61.0 Å². The maximum atomic E-state index is 11.2. The summed E-state index contributed by atoms with van der Waals surface area (Å²) in [6.45, 7) is 14.8. The molecule has 1 unspecified atom stereocenters. The molecule has 0 fully saturated rings. The number of rotatable bonds is 2. The standard InChI is InChI=1S/C26H32N2O/c1-16-10-8-11-17(2)23(16)27-21-14-20(26(5,6)7)15-22(25(21)29)28-24-18(3)12-9-13-19(24)4/h8-14,25,29H,15H2,1-7H3. The van der Waals surface area contributed by atoms with Crippen molar-refractivity contribution in [3.63, 3.8) is 0 Å². The minimum Gasteiger partial charge on any atom is -0.381 e. The Morgan fingerprint density at radius 1 is 0.793 bits per heavy atom. The number of benzene rings is 2. The summed E-state index contributed by atoms with van der Waals surface area (Å²) in [5.41, 5.74) is 8.96. The quantitative estimate of drug-likeness (QED) is 0.627. The summed E-state index contributed by atoms with van der Waals surface area (Å²) >= 11 is 0. The monoisotopic (exact) mass is 388 g/mol. The molecule has 1 aliphatic carbocycles. The van der Waals surface area contributed by atoms with Crippen molar-refractivity contribution in [2.24, 2.45) is 15.4 Å². The molecular weight excluding hydrogens is 356 g/mol. The van der Waals surface area contributed by atoms with E-state index >= 15 is 0 Å². The normalized spacial score (nSPS) is 20.3. The molecule has 0 amide bonds. The molecular formula is C26H32N2O. The van der Waals surface area contributed by atoms with Crippen LogP contribution in [0.5, 0.6) is 0 Å². The maximum absolute atomic E-state index is 11.2. The lowest BCUT2D eigenvalue weighted by Gasteiger charge is -2.30. The third-order valence-corrected chi connectivity index (χ3v) is 5.63. The van der Waals surface area contributed by atoms with E-state index < -0.39 is 6.10 Å². The van der Waals surface area contributed by atoms with Gasteiger partial charge in [-0.1, -0.05) is 62.7 Å². The molecule has 0 saturated heterocycles. The Morgan fingerprint density at radius 3 is 1.69 bits per heavy atom. The summed E-state index contributed by atoms with van der Waals surface area (Å²) in [6, 6.07) is 12.3. The molecule has 2 aromatic carbocycles. The SMILES string of the molecule is Cc1cccc(C)c1N=C1C=C(C(C)(C)C)CC(=Nc2c(C)cccc2C)C1O.